The Kier molecular flexibility index (Phi) is 6.20. The molecule has 1 aromatic heterocycles. The Bertz CT molecular complexity index is 1110. The molecule has 7 nitrogen and oxygen atoms in total. The summed E-state index contributed by atoms with van der Waals surface area (Å²) in [4.78, 5) is 36.6. The molecule has 0 saturated heterocycles. The minimum absolute atomic E-state index is 0.211. The quantitative estimate of drug-likeness (QED) is 0.615. The molecule has 0 unspecified atom stereocenters. The highest BCUT2D eigenvalue weighted by Gasteiger charge is 2.17. The van der Waals surface area contributed by atoms with Gasteiger partial charge in [-0.05, 0) is 38.0 Å². The Labute approximate surface area is 175 Å². The lowest BCUT2D eigenvalue weighted by Crippen LogP contribution is -2.35. The van der Waals surface area contributed by atoms with E-state index in [2.05, 4.69) is 10.6 Å². The molecule has 3 rings (SSSR count). The number of hydrogen-bond acceptors (Lipinski definition) is 4. The molecule has 3 aromatic rings. The van der Waals surface area contributed by atoms with Crippen molar-refractivity contribution in [2.24, 2.45) is 7.05 Å². The Balaban J connectivity index is 1.51. The number of hydrogen-bond donors (Lipinski definition) is 2. The van der Waals surface area contributed by atoms with E-state index in [0.717, 1.165) is 33.3 Å². The molecule has 0 radical (unpaired) electrons. The number of carbonyl (C=O) groups is 3. The number of nitrogens with zero attached hydrogens (tertiary/aromatic N) is 1. The summed E-state index contributed by atoms with van der Waals surface area (Å²) in [7, 11) is 1.84. The molecule has 0 aliphatic heterocycles. The zero-order valence-electron chi connectivity index (χ0n) is 17.5. The minimum Gasteiger partial charge on any atom is -0.452 e. The van der Waals surface area contributed by atoms with Gasteiger partial charge in [0.2, 0.25) is 5.91 Å². The van der Waals surface area contributed by atoms with E-state index in [1.807, 2.05) is 68.8 Å². The van der Waals surface area contributed by atoms with E-state index in [0.29, 0.717) is 5.56 Å². The van der Waals surface area contributed by atoms with Crippen LogP contribution in [-0.2, 0) is 21.4 Å². The summed E-state index contributed by atoms with van der Waals surface area (Å²) in [5.41, 5.74) is 5.05. The molecule has 0 spiro atoms. The topological polar surface area (TPSA) is 89.4 Å². The van der Waals surface area contributed by atoms with Crippen LogP contribution < -0.4 is 10.6 Å². The van der Waals surface area contributed by atoms with Gasteiger partial charge in [0, 0.05) is 29.8 Å². The molecule has 0 aliphatic carbocycles. The van der Waals surface area contributed by atoms with Gasteiger partial charge in [0.15, 0.2) is 6.61 Å². The van der Waals surface area contributed by atoms with Crippen LogP contribution >= 0.6 is 0 Å². The number of fused-ring (bicyclic) bond motifs is 1. The van der Waals surface area contributed by atoms with E-state index in [1.165, 1.54) is 0 Å². The first-order valence-electron chi connectivity index (χ1n) is 9.62. The lowest BCUT2D eigenvalue weighted by molar-refractivity contribution is -0.126. The van der Waals surface area contributed by atoms with Crippen LogP contribution in [0.2, 0.25) is 0 Å². The van der Waals surface area contributed by atoms with Crippen molar-refractivity contribution in [1.82, 2.24) is 9.88 Å². The molecule has 2 amide bonds. The monoisotopic (exact) mass is 407 g/mol. The molecule has 2 N–H and O–H groups in total. The molecule has 0 saturated carbocycles. The number of carbonyl (C=O) groups excluding carboxylic acids is 3. The summed E-state index contributed by atoms with van der Waals surface area (Å²) in [5.74, 6) is -1.48. The van der Waals surface area contributed by atoms with Crippen LogP contribution in [0.3, 0.4) is 0 Å². The standard InChI is InChI=1S/C23H25N3O4/c1-14-9-15(2)22(16(3)10-14)25-20(27)11-24-21(28)13-30-23(29)18-12-26(4)19-8-6-5-7-17(18)19/h5-10,12H,11,13H2,1-4H3,(H,24,28)(H,25,27). The van der Waals surface area contributed by atoms with Crippen molar-refractivity contribution in [2.75, 3.05) is 18.5 Å². The second kappa shape index (κ2) is 8.82. The van der Waals surface area contributed by atoms with Crippen LogP contribution in [0.25, 0.3) is 10.9 Å². The first-order chi connectivity index (χ1) is 14.3. The third-order valence-corrected chi connectivity index (χ3v) is 4.84. The number of rotatable bonds is 6. The fourth-order valence-corrected chi connectivity index (χ4v) is 3.50. The first-order valence-corrected chi connectivity index (χ1v) is 9.62. The largest absolute Gasteiger partial charge is 0.452 e. The number of para-hydroxylation sites is 1. The Morgan fingerprint density at radius 1 is 1.00 bits per heavy atom. The molecular formula is C23H25N3O4. The maximum absolute atomic E-state index is 12.4. The van der Waals surface area contributed by atoms with Crippen molar-refractivity contribution in [1.29, 1.82) is 0 Å². The van der Waals surface area contributed by atoms with Crippen LogP contribution in [0.5, 0.6) is 0 Å². The number of benzene rings is 2. The van der Waals surface area contributed by atoms with E-state index in [-0.39, 0.29) is 12.5 Å². The van der Waals surface area contributed by atoms with Crippen molar-refractivity contribution >= 4 is 34.4 Å². The normalized spacial score (nSPS) is 10.7. The number of ether oxygens (including phenoxy) is 1. The predicted octanol–water partition coefficient (Wildman–Crippen LogP) is 3.02. The second-order valence-electron chi connectivity index (χ2n) is 7.35. The third kappa shape index (κ3) is 4.68. The van der Waals surface area contributed by atoms with E-state index in [9.17, 15) is 14.4 Å². The molecule has 7 heteroatoms. The van der Waals surface area contributed by atoms with E-state index in [4.69, 9.17) is 4.74 Å². The maximum Gasteiger partial charge on any atom is 0.340 e. The van der Waals surface area contributed by atoms with Crippen molar-refractivity contribution in [3.05, 3.63) is 64.8 Å². The van der Waals surface area contributed by atoms with E-state index in [1.54, 1.807) is 6.20 Å². The van der Waals surface area contributed by atoms with Crippen LogP contribution in [-0.4, -0.2) is 35.5 Å². The highest BCUT2D eigenvalue weighted by atomic mass is 16.5. The van der Waals surface area contributed by atoms with Crippen LogP contribution in [0.15, 0.2) is 42.6 Å². The number of nitrogens with one attached hydrogen (secondary N) is 2. The first kappa shape index (κ1) is 21.1. The summed E-state index contributed by atoms with van der Waals surface area (Å²) in [6.07, 6.45) is 1.67. The lowest BCUT2D eigenvalue weighted by atomic mass is 10.1. The summed E-state index contributed by atoms with van der Waals surface area (Å²) < 4.78 is 6.94. The SMILES string of the molecule is Cc1cc(C)c(NC(=O)CNC(=O)COC(=O)c2cn(C)c3ccccc23)c(C)c1. The van der Waals surface area contributed by atoms with Gasteiger partial charge in [-0.1, -0.05) is 35.9 Å². The van der Waals surface area contributed by atoms with Crippen LogP contribution in [0, 0.1) is 20.8 Å². The van der Waals surface area contributed by atoms with Crippen molar-refractivity contribution in [3.63, 3.8) is 0 Å². The third-order valence-electron chi connectivity index (χ3n) is 4.84. The molecule has 0 atom stereocenters. The fraction of sp³-hybridized carbons (Fsp3) is 0.261. The van der Waals surface area contributed by atoms with Crippen molar-refractivity contribution < 1.29 is 19.1 Å². The number of esters is 1. The second-order valence-corrected chi connectivity index (χ2v) is 7.35. The Morgan fingerprint density at radius 2 is 1.67 bits per heavy atom. The van der Waals surface area contributed by atoms with Gasteiger partial charge in [-0.3, -0.25) is 9.59 Å². The summed E-state index contributed by atoms with van der Waals surface area (Å²) in [5, 5.41) is 6.04. The Morgan fingerprint density at radius 3 is 2.37 bits per heavy atom. The van der Waals surface area contributed by atoms with Gasteiger partial charge < -0.3 is 19.9 Å². The molecule has 156 valence electrons. The number of aromatic nitrogens is 1. The summed E-state index contributed by atoms with van der Waals surface area (Å²) >= 11 is 0. The van der Waals surface area contributed by atoms with Gasteiger partial charge in [-0.15, -0.1) is 0 Å². The van der Waals surface area contributed by atoms with Gasteiger partial charge in [0.1, 0.15) is 0 Å². The molecule has 2 aromatic carbocycles. The number of aryl methyl sites for hydroxylation is 4. The van der Waals surface area contributed by atoms with Crippen LogP contribution in [0.4, 0.5) is 5.69 Å². The number of anilines is 1. The molecule has 30 heavy (non-hydrogen) atoms. The summed E-state index contributed by atoms with van der Waals surface area (Å²) in [6, 6.07) is 11.4. The van der Waals surface area contributed by atoms with Gasteiger partial charge >= 0.3 is 5.97 Å². The highest BCUT2D eigenvalue weighted by molar-refractivity contribution is 6.05. The maximum atomic E-state index is 12.4. The average molecular weight is 407 g/mol. The average Bonchev–Trinajstić information content (AvgIpc) is 3.04. The van der Waals surface area contributed by atoms with Crippen molar-refractivity contribution in [2.45, 2.75) is 20.8 Å². The lowest BCUT2D eigenvalue weighted by Gasteiger charge is -2.13. The molecule has 1 heterocycles. The zero-order chi connectivity index (χ0) is 21.8. The zero-order valence-corrected chi connectivity index (χ0v) is 17.5. The number of amides is 2. The molecule has 0 fully saturated rings. The minimum atomic E-state index is -0.586. The summed E-state index contributed by atoms with van der Waals surface area (Å²) in [6.45, 7) is 5.16. The smallest absolute Gasteiger partial charge is 0.340 e. The predicted molar refractivity (Wildman–Crippen MR) is 115 cm³/mol. The van der Waals surface area contributed by atoms with Crippen LogP contribution in [0.1, 0.15) is 27.0 Å². The van der Waals surface area contributed by atoms with Gasteiger partial charge in [-0.25, -0.2) is 4.79 Å². The van der Waals surface area contributed by atoms with Crippen molar-refractivity contribution in [3.8, 4) is 0 Å². The molecule has 0 bridgehead atoms. The highest BCUT2D eigenvalue weighted by Crippen LogP contribution is 2.22. The Hall–Kier alpha value is -3.61. The molecular weight excluding hydrogens is 382 g/mol. The van der Waals surface area contributed by atoms with Gasteiger partial charge in [0.25, 0.3) is 5.91 Å². The van der Waals surface area contributed by atoms with E-state index >= 15 is 0 Å². The van der Waals surface area contributed by atoms with Gasteiger partial charge in [-0.2, -0.15) is 0 Å². The van der Waals surface area contributed by atoms with Gasteiger partial charge in [0.05, 0.1) is 12.1 Å². The fourth-order valence-electron chi connectivity index (χ4n) is 3.50. The molecule has 0 aliphatic rings. The van der Waals surface area contributed by atoms with E-state index < -0.39 is 18.5 Å².